The van der Waals surface area contributed by atoms with E-state index in [0.717, 1.165) is 33.7 Å². The SMILES string of the molecule is COc1c(C)cnc(Cn2nc3c4c(nc(N)nc42)SC(C(=O)Nc2ncc(CO)s2)C3)c1C. The van der Waals surface area contributed by atoms with Gasteiger partial charge in [-0.2, -0.15) is 10.1 Å². The minimum atomic E-state index is -0.464. The van der Waals surface area contributed by atoms with Crippen molar-refractivity contribution in [3.63, 3.8) is 0 Å². The highest BCUT2D eigenvalue weighted by atomic mass is 32.2. The number of carbonyl (C=O) groups excluding carboxylic acids is 1. The first-order valence-electron chi connectivity index (χ1n) is 10.4. The molecule has 5 heterocycles. The lowest BCUT2D eigenvalue weighted by molar-refractivity contribution is -0.115. The number of pyridine rings is 1. The van der Waals surface area contributed by atoms with Gasteiger partial charge in [0.15, 0.2) is 10.8 Å². The van der Waals surface area contributed by atoms with Crippen LogP contribution in [-0.2, 0) is 24.4 Å². The molecular formula is C21H22N8O3S2. The molecule has 0 radical (unpaired) electrons. The number of aliphatic hydroxyl groups is 1. The van der Waals surface area contributed by atoms with Gasteiger partial charge in [0.25, 0.3) is 0 Å². The number of nitrogens with one attached hydrogen (secondary N) is 1. The van der Waals surface area contributed by atoms with Gasteiger partial charge in [-0.3, -0.25) is 9.78 Å². The highest BCUT2D eigenvalue weighted by Gasteiger charge is 2.32. The number of thiazole rings is 1. The maximum atomic E-state index is 13.0. The van der Waals surface area contributed by atoms with E-state index in [0.29, 0.717) is 33.6 Å². The van der Waals surface area contributed by atoms with Crippen LogP contribution in [0.4, 0.5) is 11.1 Å². The molecule has 4 aromatic heterocycles. The third-order valence-corrected chi connectivity index (χ3v) is 7.64. The van der Waals surface area contributed by atoms with E-state index in [-0.39, 0.29) is 18.5 Å². The summed E-state index contributed by atoms with van der Waals surface area (Å²) >= 11 is 2.56. The molecule has 0 aliphatic carbocycles. The number of amides is 1. The van der Waals surface area contributed by atoms with Gasteiger partial charge in [-0.15, -0.1) is 0 Å². The molecule has 4 N–H and O–H groups in total. The number of rotatable bonds is 6. The zero-order valence-corrected chi connectivity index (χ0v) is 20.3. The Hall–Kier alpha value is -3.29. The van der Waals surface area contributed by atoms with E-state index in [4.69, 9.17) is 15.6 Å². The van der Waals surface area contributed by atoms with E-state index in [2.05, 4.69) is 25.3 Å². The lowest BCUT2D eigenvalue weighted by Gasteiger charge is -2.19. The van der Waals surface area contributed by atoms with Gasteiger partial charge in [0.05, 0.1) is 47.2 Å². The van der Waals surface area contributed by atoms with E-state index in [1.54, 1.807) is 24.2 Å². The van der Waals surface area contributed by atoms with E-state index in [1.807, 2.05) is 13.8 Å². The van der Waals surface area contributed by atoms with Gasteiger partial charge in [0.2, 0.25) is 11.9 Å². The van der Waals surface area contributed by atoms with Crippen LogP contribution in [0.2, 0.25) is 0 Å². The van der Waals surface area contributed by atoms with Crippen molar-refractivity contribution in [2.75, 3.05) is 18.2 Å². The van der Waals surface area contributed by atoms with Crippen LogP contribution in [0, 0.1) is 13.8 Å². The third-order valence-electron chi connectivity index (χ3n) is 5.56. The molecule has 5 rings (SSSR count). The van der Waals surface area contributed by atoms with Gasteiger partial charge < -0.3 is 20.9 Å². The first-order chi connectivity index (χ1) is 16.4. The second-order valence-corrected chi connectivity index (χ2v) is 10.1. The molecule has 1 amide bonds. The van der Waals surface area contributed by atoms with Crippen molar-refractivity contribution in [1.29, 1.82) is 0 Å². The van der Waals surface area contributed by atoms with Crippen LogP contribution in [0.3, 0.4) is 0 Å². The van der Waals surface area contributed by atoms with E-state index < -0.39 is 5.25 Å². The van der Waals surface area contributed by atoms with Crippen LogP contribution in [0.5, 0.6) is 5.75 Å². The van der Waals surface area contributed by atoms with Crippen LogP contribution >= 0.6 is 23.1 Å². The molecule has 0 saturated carbocycles. The average Bonchev–Trinajstić information content (AvgIpc) is 3.40. The molecule has 0 spiro atoms. The van der Waals surface area contributed by atoms with Crippen molar-refractivity contribution >= 4 is 51.1 Å². The van der Waals surface area contributed by atoms with Gasteiger partial charge >= 0.3 is 0 Å². The summed E-state index contributed by atoms with van der Waals surface area (Å²) in [6.45, 7) is 4.17. The molecule has 176 valence electrons. The number of aromatic nitrogens is 6. The fourth-order valence-corrected chi connectivity index (χ4v) is 5.79. The maximum Gasteiger partial charge on any atom is 0.240 e. The molecule has 0 saturated heterocycles. The topological polar surface area (TPSA) is 154 Å². The van der Waals surface area contributed by atoms with Gasteiger partial charge in [0.1, 0.15) is 10.8 Å². The predicted octanol–water partition coefficient (Wildman–Crippen LogP) is 2.08. The Bertz CT molecular complexity index is 1420. The van der Waals surface area contributed by atoms with Crippen LogP contribution in [0.25, 0.3) is 11.0 Å². The minimum absolute atomic E-state index is 0.113. The second kappa shape index (κ2) is 8.81. The Balaban J connectivity index is 1.47. The standard InChI is InChI=1S/C21H22N8O3S2/c1-9-5-23-13(10(2)16(9)32-3)7-29-17-15-12(28-29)4-14(34-19(15)27-20(22)25-17)18(31)26-21-24-6-11(8-30)33-21/h5-6,14,30H,4,7-8H2,1-3H3,(H2,22,25,27)(H,24,26,31). The molecule has 1 aliphatic rings. The maximum absolute atomic E-state index is 13.0. The molecular weight excluding hydrogens is 476 g/mol. The summed E-state index contributed by atoms with van der Waals surface area (Å²) in [6.07, 6.45) is 3.72. The number of ether oxygens (including phenoxy) is 1. The summed E-state index contributed by atoms with van der Waals surface area (Å²) in [6, 6.07) is 0. The number of aliphatic hydroxyl groups excluding tert-OH is 1. The predicted molar refractivity (Wildman–Crippen MR) is 129 cm³/mol. The molecule has 0 bridgehead atoms. The van der Waals surface area contributed by atoms with Crippen LogP contribution in [-0.4, -0.2) is 53.1 Å². The number of nitrogens with two attached hydrogens (primary N) is 1. The van der Waals surface area contributed by atoms with Crippen molar-refractivity contribution in [3.8, 4) is 5.75 Å². The number of aryl methyl sites for hydroxylation is 1. The Labute approximate surface area is 202 Å². The highest BCUT2D eigenvalue weighted by Crippen LogP contribution is 2.39. The third kappa shape index (κ3) is 3.95. The average molecular weight is 499 g/mol. The van der Waals surface area contributed by atoms with Crippen LogP contribution in [0.15, 0.2) is 17.4 Å². The Morgan fingerprint density at radius 1 is 1.32 bits per heavy atom. The van der Waals surface area contributed by atoms with Crippen LogP contribution < -0.4 is 15.8 Å². The number of hydrogen-bond donors (Lipinski definition) is 3. The smallest absolute Gasteiger partial charge is 0.240 e. The second-order valence-electron chi connectivity index (χ2n) is 7.83. The molecule has 0 fully saturated rings. The van der Waals surface area contributed by atoms with Crippen molar-refractivity contribution in [2.24, 2.45) is 0 Å². The number of hydrogen-bond acceptors (Lipinski definition) is 11. The zero-order chi connectivity index (χ0) is 24.0. The van der Waals surface area contributed by atoms with Gasteiger partial charge in [-0.1, -0.05) is 23.1 Å². The summed E-state index contributed by atoms with van der Waals surface area (Å²) in [5.74, 6) is 0.692. The molecule has 11 nitrogen and oxygen atoms in total. The molecule has 4 aromatic rings. The van der Waals surface area contributed by atoms with E-state index in [9.17, 15) is 9.90 Å². The number of nitrogen functional groups attached to an aromatic ring is 1. The molecule has 13 heteroatoms. The van der Waals surface area contributed by atoms with Crippen molar-refractivity contribution in [3.05, 3.63) is 39.8 Å². The molecule has 34 heavy (non-hydrogen) atoms. The number of nitrogens with zero attached hydrogens (tertiary/aromatic N) is 6. The van der Waals surface area contributed by atoms with Gasteiger partial charge in [-0.25, -0.2) is 14.6 Å². The summed E-state index contributed by atoms with van der Waals surface area (Å²) in [5, 5.41) is 18.2. The van der Waals surface area contributed by atoms with Crippen molar-refractivity contribution in [1.82, 2.24) is 29.7 Å². The number of anilines is 2. The number of thioether (sulfide) groups is 1. The first kappa shape index (κ1) is 22.5. The first-order valence-corrected chi connectivity index (χ1v) is 12.1. The Kier molecular flexibility index (Phi) is 5.83. The van der Waals surface area contributed by atoms with Crippen molar-refractivity contribution < 1.29 is 14.6 Å². The van der Waals surface area contributed by atoms with Gasteiger partial charge in [-0.05, 0) is 13.8 Å². The Morgan fingerprint density at radius 3 is 2.88 bits per heavy atom. The fourth-order valence-electron chi connectivity index (χ4n) is 3.96. The molecule has 1 aliphatic heterocycles. The number of carbonyl (C=O) groups is 1. The van der Waals surface area contributed by atoms with E-state index in [1.165, 1.54) is 23.1 Å². The van der Waals surface area contributed by atoms with E-state index >= 15 is 0 Å². The summed E-state index contributed by atoms with van der Waals surface area (Å²) in [4.78, 5) is 31.2. The van der Waals surface area contributed by atoms with Crippen LogP contribution in [0.1, 0.15) is 27.4 Å². The minimum Gasteiger partial charge on any atom is -0.496 e. The lowest BCUT2D eigenvalue weighted by Crippen LogP contribution is -2.29. The highest BCUT2D eigenvalue weighted by molar-refractivity contribution is 8.00. The summed E-state index contributed by atoms with van der Waals surface area (Å²) in [7, 11) is 1.64. The number of methoxy groups -OCH3 is 1. The summed E-state index contributed by atoms with van der Waals surface area (Å²) in [5.41, 5.74) is 10.0. The molecule has 1 atom stereocenters. The Morgan fingerprint density at radius 2 is 2.15 bits per heavy atom. The lowest BCUT2D eigenvalue weighted by atomic mass is 10.1. The fraction of sp³-hybridized carbons (Fsp3) is 0.333. The largest absolute Gasteiger partial charge is 0.496 e. The quantitative estimate of drug-likeness (QED) is 0.337. The molecule has 1 unspecified atom stereocenters. The summed E-state index contributed by atoms with van der Waals surface area (Å²) < 4.78 is 7.29. The molecule has 0 aromatic carbocycles. The normalized spacial score (nSPS) is 15.0. The van der Waals surface area contributed by atoms with Crippen molar-refractivity contribution in [2.45, 2.75) is 43.7 Å². The zero-order valence-electron chi connectivity index (χ0n) is 18.7. The monoisotopic (exact) mass is 498 g/mol. The van der Waals surface area contributed by atoms with Gasteiger partial charge in [0, 0.05) is 29.9 Å².